The fourth-order valence-corrected chi connectivity index (χ4v) is 2.01. The summed E-state index contributed by atoms with van der Waals surface area (Å²) in [6.07, 6.45) is 1.68. The Kier molecular flexibility index (Phi) is 4.66. The summed E-state index contributed by atoms with van der Waals surface area (Å²) in [6, 6.07) is 10.6. The maximum atomic E-state index is 12.1. The fraction of sp³-hybridized carbons (Fsp3) is 0.188. The number of nitrogens with one attached hydrogen (secondary N) is 1. The summed E-state index contributed by atoms with van der Waals surface area (Å²) in [4.78, 5) is 27.1. The third-order valence-electron chi connectivity index (χ3n) is 3.08. The van der Waals surface area contributed by atoms with E-state index in [0.717, 1.165) is 5.56 Å². The summed E-state index contributed by atoms with van der Waals surface area (Å²) in [5.74, 6) is -1.15. The smallest absolute Gasteiger partial charge is 0.307 e. The van der Waals surface area contributed by atoms with Crippen molar-refractivity contribution in [1.82, 2.24) is 4.98 Å². The fourth-order valence-electron chi connectivity index (χ4n) is 2.01. The molecule has 0 bridgehead atoms. The number of aromatic nitrogens is 1. The molecule has 1 aromatic carbocycles. The highest BCUT2D eigenvalue weighted by atomic mass is 16.4. The van der Waals surface area contributed by atoms with Crippen LogP contribution in [0.2, 0.25) is 0 Å². The third-order valence-corrected chi connectivity index (χ3v) is 3.08. The van der Waals surface area contributed by atoms with E-state index >= 15 is 0 Å². The first-order valence-electron chi connectivity index (χ1n) is 6.56. The number of carbonyl (C=O) groups excluding carboxylic acids is 1. The van der Waals surface area contributed by atoms with Crippen molar-refractivity contribution in [2.45, 2.75) is 19.8 Å². The summed E-state index contributed by atoms with van der Waals surface area (Å²) in [5, 5.41) is 11.6. The highest BCUT2D eigenvalue weighted by molar-refractivity contribution is 5.93. The van der Waals surface area contributed by atoms with Crippen molar-refractivity contribution >= 4 is 17.6 Å². The van der Waals surface area contributed by atoms with E-state index in [0.29, 0.717) is 16.9 Å². The molecule has 0 aliphatic carbocycles. The van der Waals surface area contributed by atoms with Gasteiger partial charge in [0.05, 0.1) is 18.5 Å². The van der Waals surface area contributed by atoms with Crippen LogP contribution in [0.4, 0.5) is 5.69 Å². The lowest BCUT2D eigenvalue weighted by molar-refractivity contribution is -0.136. The molecule has 0 unspecified atom stereocenters. The molecule has 0 atom stereocenters. The molecule has 2 aromatic rings. The van der Waals surface area contributed by atoms with E-state index in [1.165, 1.54) is 0 Å². The summed E-state index contributed by atoms with van der Waals surface area (Å²) < 4.78 is 0. The molecule has 2 N–H and O–H groups in total. The number of pyridine rings is 1. The van der Waals surface area contributed by atoms with Crippen LogP contribution in [0.5, 0.6) is 0 Å². The standard InChI is InChI=1S/C16H16N2O3/c1-11-5-4-8-17-14(11)10-15(19)18-13-7-3-2-6-12(13)9-16(20)21/h2-8H,9-10H2,1H3,(H,18,19)(H,20,21). The summed E-state index contributed by atoms with van der Waals surface area (Å²) in [6.45, 7) is 1.90. The van der Waals surface area contributed by atoms with Crippen molar-refractivity contribution in [2.75, 3.05) is 5.32 Å². The van der Waals surface area contributed by atoms with Gasteiger partial charge in [-0.3, -0.25) is 14.6 Å². The van der Waals surface area contributed by atoms with Gasteiger partial charge in [0, 0.05) is 11.9 Å². The van der Waals surface area contributed by atoms with Gasteiger partial charge in [-0.1, -0.05) is 24.3 Å². The highest BCUT2D eigenvalue weighted by Crippen LogP contribution is 2.16. The van der Waals surface area contributed by atoms with Crippen LogP contribution < -0.4 is 5.32 Å². The van der Waals surface area contributed by atoms with Crippen LogP contribution in [0.3, 0.4) is 0 Å². The Balaban J connectivity index is 2.10. The lowest BCUT2D eigenvalue weighted by Crippen LogP contribution is -2.17. The largest absolute Gasteiger partial charge is 0.481 e. The topological polar surface area (TPSA) is 79.3 Å². The van der Waals surface area contributed by atoms with Crippen molar-refractivity contribution in [3.63, 3.8) is 0 Å². The van der Waals surface area contributed by atoms with E-state index < -0.39 is 5.97 Å². The minimum absolute atomic E-state index is 0.126. The zero-order valence-electron chi connectivity index (χ0n) is 11.7. The summed E-state index contributed by atoms with van der Waals surface area (Å²) >= 11 is 0. The second-order valence-corrected chi connectivity index (χ2v) is 4.72. The monoisotopic (exact) mass is 284 g/mol. The maximum Gasteiger partial charge on any atom is 0.307 e. The molecule has 0 saturated carbocycles. The Morgan fingerprint density at radius 1 is 1.14 bits per heavy atom. The third kappa shape index (κ3) is 4.14. The molecule has 0 saturated heterocycles. The quantitative estimate of drug-likeness (QED) is 0.882. The number of anilines is 1. The zero-order chi connectivity index (χ0) is 15.2. The van der Waals surface area contributed by atoms with Gasteiger partial charge in [0.1, 0.15) is 0 Å². The first kappa shape index (κ1) is 14.7. The minimum Gasteiger partial charge on any atom is -0.481 e. The second-order valence-electron chi connectivity index (χ2n) is 4.72. The average Bonchev–Trinajstić information content (AvgIpc) is 2.43. The van der Waals surface area contributed by atoms with Gasteiger partial charge >= 0.3 is 5.97 Å². The Hall–Kier alpha value is -2.69. The first-order valence-corrected chi connectivity index (χ1v) is 6.56. The van der Waals surface area contributed by atoms with E-state index in [-0.39, 0.29) is 18.7 Å². The van der Waals surface area contributed by atoms with E-state index in [9.17, 15) is 9.59 Å². The molecule has 0 fully saturated rings. The molecule has 1 heterocycles. The van der Waals surface area contributed by atoms with E-state index in [1.54, 1.807) is 30.5 Å². The number of aryl methyl sites for hydroxylation is 1. The molecule has 0 spiro atoms. The molecular formula is C16H16N2O3. The van der Waals surface area contributed by atoms with Crippen LogP contribution in [-0.4, -0.2) is 22.0 Å². The molecule has 1 amide bonds. The number of benzene rings is 1. The number of carboxylic acids is 1. The van der Waals surface area contributed by atoms with Crippen molar-refractivity contribution in [1.29, 1.82) is 0 Å². The van der Waals surface area contributed by atoms with Crippen LogP contribution in [0.25, 0.3) is 0 Å². The van der Waals surface area contributed by atoms with Crippen LogP contribution in [0, 0.1) is 6.92 Å². The number of para-hydroxylation sites is 1. The van der Waals surface area contributed by atoms with Crippen LogP contribution >= 0.6 is 0 Å². The highest BCUT2D eigenvalue weighted by Gasteiger charge is 2.11. The Morgan fingerprint density at radius 2 is 1.90 bits per heavy atom. The lowest BCUT2D eigenvalue weighted by Gasteiger charge is -2.10. The lowest BCUT2D eigenvalue weighted by atomic mass is 10.1. The Labute approximate surface area is 122 Å². The predicted molar refractivity (Wildman–Crippen MR) is 79.1 cm³/mol. The van der Waals surface area contributed by atoms with Crippen LogP contribution in [-0.2, 0) is 22.4 Å². The van der Waals surface area contributed by atoms with Gasteiger partial charge in [-0.2, -0.15) is 0 Å². The van der Waals surface area contributed by atoms with Gasteiger partial charge in [0.25, 0.3) is 0 Å². The van der Waals surface area contributed by atoms with Crippen LogP contribution in [0.1, 0.15) is 16.8 Å². The number of carbonyl (C=O) groups is 2. The molecule has 0 radical (unpaired) electrons. The summed E-state index contributed by atoms with van der Waals surface area (Å²) in [5.41, 5.74) is 2.77. The van der Waals surface area contributed by atoms with Crippen LogP contribution in [0.15, 0.2) is 42.6 Å². The van der Waals surface area contributed by atoms with E-state index in [1.807, 2.05) is 19.1 Å². The van der Waals surface area contributed by atoms with Crippen molar-refractivity contribution in [3.8, 4) is 0 Å². The molecular weight excluding hydrogens is 268 g/mol. The van der Waals surface area contributed by atoms with Gasteiger partial charge in [0.15, 0.2) is 0 Å². The number of amides is 1. The molecule has 1 aromatic heterocycles. The average molecular weight is 284 g/mol. The molecule has 0 aliphatic heterocycles. The summed E-state index contributed by atoms with van der Waals surface area (Å²) in [7, 11) is 0. The van der Waals surface area contributed by atoms with Gasteiger partial charge in [-0.25, -0.2) is 0 Å². The molecule has 2 rings (SSSR count). The van der Waals surface area contributed by atoms with E-state index in [2.05, 4.69) is 10.3 Å². The molecule has 108 valence electrons. The Morgan fingerprint density at radius 3 is 2.62 bits per heavy atom. The normalized spacial score (nSPS) is 10.1. The van der Waals surface area contributed by atoms with Gasteiger partial charge in [-0.05, 0) is 30.2 Å². The first-order chi connectivity index (χ1) is 10.1. The SMILES string of the molecule is Cc1cccnc1CC(=O)Nc1ccccc1CC(=O)O. The number of hydrogen-bond donors (Lipinski definition) is 2. The molecule has 5 nitrogen and oxygen atoms in total. The number of nitrogens with zero attached hydrogens (tertiary/aromatic N) is 1. The molecule has 5 heteroatoms. The van der Waals surface area contributed by atoms with Crippen molar-refractivity contribution < 1.29 is 14.7 Å². The number of carboxylic acid groups (broad SMARTS) is 1. The number of rotatable bonds is 5. The van der Waals surface area contributed by atoms with Gasteiger partial charge < -0.3 is 10.4 Å². The maximum absolute atomic E-state index is 12.1. The van der Waals surface area contributed by atoms with Gasteiger partial charge in [-0.15, -0.1) is 0 Å². The molecule has 0 aliphatic rings. The minimum atomic E-state index is -0.933. The number of aliphatic carboxylic acids is 1. The van der Waals surface area contributed by atoms with Crippen molar-refractivity contribution in [2.24, 2.45) is 0 Å². The molecule has 21 heavy (non-hydrogen) atoms. The Bertz CT molecular complexity index is 668. The predicted octanol–water partition coefficient (Wildman–Crippen LogP) is 2.20. The number of hydrogen-bond acceptors (Lipinski definition) is 3. The van der Waals surface area contributed by atoms with Crippen molar-refractivity contribution in [3.05, 3.63) is 59.4 Å². The van der Waals surface area contributed by atoms with Gasteiger partial charge in [0.2, 0.25) is 5.91 Å². The second kappa shape index (κ2) is 6.65. The zero-order valence-corrected chi connectivity index (χ0v) is 11.7. The van der Waals surface area contributed by atoms with E-state index in [4.69, 9.17) is 5.11 Å².